The van der Waals surface area contributed by atoms with Crippen molar-refractivity contribution in [1.82, 2.24) is 19.7 Å². The van der Waals surface area contributed by atoms with Crippen LogP contribution < -0.4 is 10.6 Å². The number of hydrogen-bond donors (Lipinski definition) is 4. The van der Waals surface area contributed by atoms with Crippen LogP contribution in [0.1, 0.15) is 25.2 Å². The van der Waals surface area contributed by atoms with E-state index in [0.717, 1.165) is 5.56 Å². The van der Waals surface area contributed by atoms with E-state index in [2.05, 4.69) is 41.1 Å². The van der Waals surface area contributed by atoms with Gasteiger partial charge in [-0.3, -0.25) is 0 Å². The minimum Gasteiger partial charge on any atom is -0.392 e. The second kappa shape index (κ2) is 10.7. The highest BCUT2D eigenvalue weighted by molar-refractivity contribution is 5.68. The van der Waals surface area contributed by atoms with Crippen LogP contribution in [-0.2, 0) is 0 Å². The number of aliphatic hydroxyl groups is 2. The molecule has 2 aromatic heterocycles. The summed E-state index contributed by atoms with van der Waals surface area (Å²) >= 11 is 0. The summed E-state index contributed by atoms with van der Waals surface area (Å²) in [7, 11) is 0. The first-order chi connectivity index (χ1) is 15.8. The quantitative estimate of drug-likeness (QED) is 0.267. The number of pyridine rings is 1. The molecule has 0 radical (unpaired) electrons. The molecule has 0 saturated heterocycles. The molecule has 174 valence electrons. The summed E-state index contributed by atoms with van der Waals surface area (Å²) in [5.74, 6) is 1.73. The predicted molar refractivity (Wildman–Crippen MR) is 125 cm³/mol. The average Bonchev–Trinajstić information content (AvgIpc) is 3.15. The number of aryl methyl sites for hydroxylation is 2. The lowest BCUT2D eigenvalue weighted by molar-refractivity contribution is 0.208. The third-order valence-electron chi connectivity index (χ3n) is 4.46. The standard InChI is InChI=1S/C21H27N9O3/c1-12-9-18(22-10-13(2)31)25-20(23-11-14(3)32)19(12)26-27-21-24-15(4)28-30(21)17-7-5-16(29-33)6-8-17/h5-9,13-14,31-32H,10-11H2,1-4H3,(H2,22,23,25). The third kappa shape index (κ3) is 6.37. The Hall–Kier alpha value is -3.77. The summed E-state index contributed by atoms with van der Waals surface area (Å²) in [5.41, 5.74) is 2.21. The van der Waals surface area contributed by atoms with Crippen LogP contribution in [0.4, 0.5) is 29.0 Å². The van der Waals surface area contributed by atoms with E-state index in [1.165, 1.54) is 4.68 Å². The first kappa shape index (κ1) is 23.9. The van der Waals surface area contributed by atoms with E-state index in [0.29, 0.717) is 41.1 Å². The van der Waals surface area contributed by atoms with Crippen molar-refractivity contribution in [2.75, 3.05) is 23.7 Å². The normalized spacial score (nSPS) is 13.2. The van der Waals surface area contributed by atoms with Gasteiger partial charge in [0.05, 0.1) is 17.9 Å². The van der Waals surface area contributed by atoms with E-state index in [-0.39, 0.29) is 12.5 Å². The van der Waals surface area contributed by atoms with Crippen LogP contribution in [0.15, 0.2) is 45.7 Å². The molecule has 0 aliphatic rings. The van der Waals surface area contributed by atoms with Crippen LogP contribution in [0.25, 0.3) is 5.69 Å². The zero-order valence-electron chi connectivity index (χ0n) is 18.9. The maximum atomic E-state index is 10.7. The summed E-state index contributed by atoms with van der Waals surface area (Å²) in [5, 5.41) is 41.3. The van der Waals surface area contributed by atoms with Gasteiger partial charge in [-0.2, -0.15) is 9.67 Å². The van der Waals surface area contributed by atoms with E-state index in [1.54, 1.807) is 51.1 Å². The van der Waals surface area contributed by atoms with Crippen LogP contribution in [0.2, 0.25) is 0 Å². The van der Waals surface area contributed by atoms with Crippen molar-refractivity contribution < 1.29 is 10.2 Å². The van der Waals surface area contributed by atoms with Crippen molar-refractivity contribution in [1.29, 1.82) is 0 Å². The molecule has 0 spiro atoms. The lowest BCUT2D eigenvalue weighted by Crippen LogP contribution is -2.18. The molecule has 3 rings (SSSR count). The lowest BCUT2D eigenvalue weighted by Gasteiger charge is -2.15. The van der Waals surface area contributed by atoms with E-state index in [4.69, 9.17) is 0 Å². The van der Waals surface area contributed by atoms with E-state index in [9.17, 15) is 15.1 Å². The molecule has 2 heterocycles. The second-order valence-corrected chi connectivity index (χ2v) is 7.66. The number of aromatic nitrogens is 4. The van der Waals surface area contributed by atoms with Crippen molar-refractivity contribution in [2.45, 2.75) is 39.9 Å². The highest BCUT2D eigenvalue weighted by atomic mass is 16.3. The van der Waals surface area contributed by atoms with Crippen molar-refractivity contribution in [3.05, 3.63) is 46.6 Å². The van der Waals surface area contributed by atoms with Crippen LogP contribution in [-0.4, -0.2) is 55.3 Å². The van der Waals surface area contributed by atoms with Gasteiger partial charge in [0.1, 0.15) is 23.0 Å². The Morgan fingerprint density at radius 1 is 1.00 bits per heavy atom. The second-order valence-electron chi connectivity index (χ2n) is 7.66. The maximum absolute atomic E-state index is 10.7. The number of benzene rings is 1. The molecule has 33 heavy (non-hydrogen) atoms. The third-order valence-corrected chi connectivity index (χ3v) is 4.46. The van der Waals surface area contributed by atoms with E-state index in [1.807, 2.05) is 6.92 Å². The monoisotopic (exact) mass is 453 g/mol. The molecule has 0 amide bonds. The number of rotatable bonds is 10. The lowest BCUT2D eigenvalue weighted by atomic mass is 10.2. The summed E-state index contributed by atoms with van der Waals surface area (Å²) in [6.45, 7) is 7.54. The van der Waals surface area contributed by atoms with Gasteiger partial charge in [0.25, 0.3) is 5.95 Å². The molecule has 2 unspecified atom stereocenters. The molecular weight excluding hydrogens is 426 g/mol. The van der Waals surface area contributed by atoms with Crippen LogP contribution in [0.5, 0.6) is 0 Å². The number of nitrogens with zero attached hydrogens (tertiary/aromatic N) is 7. The Balaban J connectivity index is 1.96. The smallest absolute Gasteiger partial charge is 0.272 e. The van der Waals surface area contributed by atoms with Gasteiger partial charge in [0.15, 0.2) is 5.82 Å². The molecule has 12 nitrogen and oxygen atoms in total. The molecule has 3 aromatic rings. The molecule has 0 saturated carbocycles. The Bertz CT molecular complexity index is 1120. The predicted octanol–water partition coefficient (Wildman–Crippen LogP) is 3.68. The molecule has 0 aliphatic carbocycles. The van der Waals surface area contributed by atoms with E-state index < -0.39 is 12.2 Å². The van der Waals surface area contributed by atoms with Crippen molar-refractivity contribution in [3.8, 4) is 5.69 Å². The minimum absolute atomic E-state index is 0.247. The zero-order valence-corrected chi connectivity index (χ0v) is 18.9. The van der Waals surface area contributed by atoms with Crippen molar-refractivity contribution in [3.63, 3.8) is 0 Å². The van der Waals surface area contributed by atoms with Gasteiger partial charge in [0, 0.05) is 13.1 Å². The Labute approximate surface area is 190 Å². The molecule has 2 atom stereocenters. The van der Waals surface area contributed by atoms with Gasteiger partial charge in [-0.05, 0) is 68.8 Å². The van der Waals surface area contributed by atoms with E-state index >= 15 is 0 Å². The highest BCUT2D eigenvalue weighted by Crippen LogP contribution is 2.31. The van der Waals surface area contributed by atoms with Crippen molar-refractivity contribution in [2.24, 2.45) is 15.4 Å². The molecule has 0 bridgehead atoms. The number of hydrogen-bond acceptors (Lipinski definition) is 11. The Kier molecular flexibility index (Phi) is 7.74. The van der Waals surface area contributed by atoms with Crippen LogP contribution in [0, 0.1) is 18.8 Å². The van der Waals surface area contributed by atoms with Crippen molar-refractivity contribution >= 4 is 29.0 Å². The maximum Gasteiger partial charge on any atom is 0.272 e. The first-order valence-corrected chi connectivity index (χ1v) is 10.4. The Morgan fingerprint density at radius 3 is 2.30 bits per heavy atom. The molecule has 4 N–H and O–H groups in total. The first-order valence-electron chi connectivity index (χ1n) is 10.4. The van der Waals surface area contributed by atoms with Crippen LogP contribution >= 0.6 is 0 Å². The number of nitroso groups, excluding NO2 is 1. The average molecular weight is 454 g/mol. The summed E-state index contributed by atoms with van der Waals surface area (Å²) in [6, 6.07) is 8.33. The Morgan fingerprint density at radius 2 is 1.67 bits per heavy atom. The van der Waals surface area contributed by atoms with Gasteiger partial charge in [0.2, 0.25) is 0 Å². The molecule has 1 aromatic carbocycles. The number of anilines is 2. The van der Waals surface area contributed by atoms with Gasteiger partial charge in [-0.1, -0.05) is 0 Å². The van der Waals surface area contributed by atoms with Gasteiger partial charge >= 0.3 is 0 Å². The van der Waals surface area contributed by atoms with Gasteiger partial charge in [-0.25, -0.2) is 4.98 Å². The van der Waals surface area contributed by atoms with Gasteiger partial charge < -0.3 is 20.8 Å². The number of aliphatic hydroxyl groups excluding tert-OH is 2. The molecular formula is C21H27N9O3. The SMILES string of the molecule is Cc1nc(N=Nc2c(C)cc(NCC(C)O)nc2NCC(C)O)n(-c2ccc(N=O)cc2)n1. The fourth-order valence-electron chi connectivity index (χ4n) is 2.89. The summed E-state index contributed by atoms with van der Waals surface area (Å²) in [4.78, 5) is 19.5. The number of nitrogens with one attached hydrogen (secondary N) is 2. The highest BCUT2D eigenvalue weighted by Gasteiger charge is 2.14. The molecule has 12 heteroatoms. The largest absolute Gasteiger partial charge is 0.392 e. The van der Waals surface area contributed by atoms with Crippen LogP contribution in [0.3, 0.4) is 0 Å². The minimum atomic E-state index is -0.597. The molecule has 0 fully saturated rings. The molecule has 0 aliphatic heterocycles. The fraction of sp³-hybridized carbons (Fsp3) is 0.381. The zero-order chi connectivity index (χ0) is 24.0. The number of azo groups is 1. The summed E-state index contributed by atoms with van der Waals surface area (Å²) in [6.07, 6.45) is -1.13. The fourth-order valence-corrected chi connectivity index (χ4v) is 2.89. The van der Waals surface area contributed by atoms with Gasteiger partial charge in [-0.15, -0.1) is 20.2 Å². The topological polar surface area (TPSA) is 162 Å². The summed E-state index contributed by atoms with van der Waals surface area (Å²) < 4.78 is 1.51.